The molecule has 3 aromatic heterocycles. The summed E-state index contributed by atoms with van der Waals surface area (Å²) in [5, 5.41) is 15.9. The van der Waals surface area contributed by atoms with Gasteiger partial charge in [0, 0.05) is 64.0 Å². The van der Waals surface area contributed by atoms with E-state index in [2.05, 4.69) is 87.7 Å². The molecule has 0 aliphatic heterocycles. The third kappa shape index (κ3) is 10.3. The predicted molar refractivity (Wildman–Crippen MR) is 208 cm³/mol. The number of aromatic nitrogens is 5. The normalized spacial score (nSPS) is 11.9. The van der Waals surface area contributed by atoms with Gasteiger partial charge in [0.25, 0.3) is 11.8 Å². The summed E-state index contributed by atoms with van der Waals surface area (Å²) in [7, 11) is 1.01. The second-order valence-electron chi connectivity index (χ2n) is 13.8. The van der Waals surface area contributed by atoms with Crippen LogP contribution in [0.15, 0.2) is 48.1 Å². The molecule has 0 saturated carbocycles. The molecule has 48 heavy (non-hydrogen) atoms. The molecule has 258 valence electrons. The van der Waals surface area contributed by atoms with Gasteiger partial charge >= 0.3 is 0 Å². The Morgan fingerprint density at radius 3 is 1.75 bits per heavy atom. The molecule has 0 atom stereocenters. The highest BCUT2D eigenvalue weighted by molar-refractivity contribution is 14.1. The average molecular weight is 820 g/mol. The number of thiazole rings is 1. The van der Waals surface area contributed by atoms with Crippen LogP contribution in [0.25, 0.3) is 32.2 Å². The molecule has 5 rings (SSSR count). The van der Waals surface area contributed by atoms with E-state index in [4.69, 9.17) is 9.47 Å². The molecule has 0 aliphatic carbocycles. The molecule has 3 heterocycles. The zero-order valence-corrected chi connectivity index (χ0v) is 34.0. The SMILES string of the molecule is CNC(=O)c1nn(COCC[Si](C)(C)C)c2ccc(-c3cncs3)cc12.CNC(=O)c1nn(COCC[Si](C)(C)C)c2ccc(I)cc12. The minimum Gasteiger partial charge on any atom is -0.360 e. The first-order valence-corrected chi connectivity index (χ1v) is 25.2. The Morgan fingerprint density at radius 2 is 1.29 bits per heavy atom. The Bertz CT molecular complexity index is 1850. The van der Waals surface area contributed by atoms with Crippen LogP contribution in [-0.4, -0.2) is 79.8 Å². The number of fused-ring (bicyclic) bond motifs is 2. The molecule has 0 unspecified atom stereocenters. The maximum atomic E-state index is 12.3. The van der Waals surface area contributed by atoms with Crippen LogP contribution in [0.4, 0.5) is 0 Å². The lowest BCUT2D eigenvalue weighted by molar-refractivity contribution is 0.0803. The number of nitrogens with zero attached hydrogens (tertiary/aromatic N) is 5. The van der Waals surface area contributed by atoms with Crippen molar-refractivity contribution in [2.75, 3.05) is 27.3 Å². The molecule has 15 heteroatoms. The number of benzene rings is 2. The summed E-state index contributed by atoms with van der Waals surface area (Å²) in [6, 6.07) is 14.2. The molecule has 0 saturated heterocycles. The van der Waals surface area contributed by atoms with Crippen LogP contribution < -0.4 is 10.6 Å². The first-order valence-electron chi connectivity index (χ1n) is 15.9. The zero-order chi connectivity index (χ0) is 35.1. The van der Waals surface area contributed by atoms with Crippen LogP contribution in [0.5, 0.6) is 0 Å². The molecule has 0 spiro atoms. The molecule has 2 aromatic carbocycles. The van der Waals surface area contributed by atoms with E-state index in [1.165, 1.54) is 0 Å². The second-order valence-corrected chi connectivity index (χ2v) is 27.2. The Morgan fingerprint density at radius 1 is 0.792 bits per heavy atom. The van der Waals surface area contributed by atoms with Gasteiger partial charge in [0.1, 0.15) is 13.5 Å². The molecule has 2 N–H and O–H groups in total. The summed E-state index contributed by atoms with van der Waals surface area (Å²) in [4.78, 5) is 29.4. The summed E-state index contributed by atoms with van der Waals surface area (Å²) in [6.07, 6.45) is 1.83. The summed E-state index contributed by atoms with van der Waals surface area (Å²) in [5.41, 5.74) is 5.52. The highest BCUT2D eigenvalue weighted by Crippen LogP contribution is 2.29. The fourth-order valence-corrected chi connectivity index (χ4v) is 7.29. The molecule has 0 fully saturated rings. The van der Waals surface area contributed by atoms with Crippen molar-refractivity contribution < 1.29 is 19.1 Å². The van der Waals surface area contributed by atoms with Crippen LogP contribution >= 0.6 is 33.9 Å². The third-order valence-electron chi connectivity index (χ3n) is 7.48. The summed E-state index contributed by atoms with van der Waals surface area (Å²) < 4.78 is 16.2. The van der Waals surface area contributed by atoms with Crippen molar-refractivity contribution in [1.82, 2.24) is 35.2 Å². The van der Waals surface area contributed by atoms with Gasteiger partial charge in [-0.15, -0.1) is 11.3 Å². The van der Waals surface area contributed by atoms with Crippen molar-refractivity contribution in [3.05, 3.63) is 63.1 Å². The van der Waals surface area contributed by atoms with Gasteiger partial charge in [0.05, 0.1) is 21.4 Å². The fraction of sp³-hybridized carbons (Fsp3) is 0.424. The Balaban J connectivity index is 0.000000220. The summed E-state index contributed by atoms with van der Waals surface area (Å²) >= 11 is 3.81. The minimum absolute atomic E-state index is 0.173. The molecule has 0 bridgehead atoms. The van der Waals surface area contributed by atoms with E-state index in [0.717, 1.165) is 54.5 Å². The van der Waals surface area contributed by atoms with Crippen LogP contribution in [0, 0.1) is 3.57 Å². The van der Waals surface area contributed by atoms with Gasteiger partial charge in [-0.3, -0.25) is 14.6 Å². The number of amides is 2. The lowest BCUT2D eigenvalue weighted by Gasteiger charge is -2.15. The maximum Gasteiger partial charge on any atom is 0.272 e. The zero-order valence-electron chi connectivity index (χ0n) is 29.0. The van der Waals surface area contributed by atoms with E-state index >= 15 is 0 Å². The van der Waals surface area contributed by atoms with E-state index in [-0.39, 0.29) is 11.8 Å². The van der Waals surface area contributed by atoms with Gasteiger partial charge in [0.2, 0.25) is 0 Å². The number of nitrogens with one attached hydrogen (secondary N) is 2. The van der Waals surface area contributed by atoms with E-state index < -0.39 is 16.1 Å². The van der Waals surface area contributed by atoms with E-state index in [1.807, 2.05) is 42.6 Å². The first-order chi connectivity index (χ1) is 22.7. The number of halogens is 1. The van der Waals surface area contributed by atoms with Crippen molar-refractivity contribution in [2.24, 2.45) is 0 Å². The van der Waals surface area contributed by atoms with Crippen LogP contribution in [0.1, 0.15) is 21.0 Å². The smallest absolute Gasteiger partial charge is 0.272 e. The minimum atomic E-state index is -1.13. The van der Waals surface area contributed by atoms with E-state index in [1.54, 1.807) is 40.3 Å². The van der Waals surface area contributed by atoms with Crippen molar-refractivity contribution in [3.63, 3.8) is 0 Å². The highest BCUT2D eigenvalue weighted by Gasteiger charge is 2.19. The number of carbonyl (C=O) groups is 2. The van der Waals surface area contributed by atoms with Gasteiger partial charge in [-0.25, -0.2) is 9.36 Å². The summed E-state index contributed by atoms with van der Waals surface area (Å²) in [5.74, 6) is -0.370. The standard InChI is InChI=1S/C18H24N4O2SSi.C15H22IN3O2Si/c1-19-18(23)17-14-9-13(16-10-20-11-25-16)5-6-15(14)22(21-17)12-24-7-8-26(2,3)4;1-17-15(20)14-12-9-11(16)5-6-13(12)19(18-14)10-21-7-8-22(2,3)4/h5-6,9-11H,7-8,12H2,1-4H3,(H,19,23);5-6,9H,7-8,10H2,1-4H3,(H,17,20). The first kappa shape index (κ1) is 37.8. The number of ether oxygens (including phenoxy) is 2. The largest absolute Gasteiger partial charge is 0.360 e. The Hall–Kier alpha value is -2.97. The number of hydrogen-bond acceptors (Lipinski definition) is 8. The van der Waals surface area contributed by atoms with Gasteiger partial charge in [-0.05, 0) is 70.6 Å². The highest BCUT2D eigenvalue weighted by atomic mass is 127. The molecular formula is C33H46IN7O4SSi2. The van der Waals surface area contributed by atoms with Crippen molar-refractivity contribution in [2.45, 2.75) is 64.8 Å². The molecular weight excluding hydrogens is 774 g/mol. The maximum absolute atomic E-state index is 12.3. The van der Waals surface area contributed by atoms with Crippen LogP contribution in [0.3, 0.4) is 0 Å². The molecule has 0 aliphatic rings. The lowest BCUT2D eigenvalue weighted by Crippen LogP contribution is -2.22. The van der Waals surface area contributed by atoms with Gasteiger partial charge in [0.15, 0.2) is 11.4 Å². The Labute approximate surface area is 302 Å². The molecule has 11 nitrogen and oxygen atoms in total. The van der Waals surface area contributed by atoms with Gasteiger partial charge in [-0.2, -0.15) is 10.2 Å². The molecule has 0 radical (unpaired) electrons. The Kier molecular flexibility index (Phi) is 13.1. The number of carbonyl (C=O) groups excluding carboxylic acids is 2. The average Bonchev–Trinajstić information content (AvgIpc) is 3.78. The van der Waals surface area contributed by atoms with Crippen LogP contribution in [-0.2, 0) is 22.9 Å². The third-order valence-corrected chi connectivity index (χ3v) is 12.4. The van der Waals surface area contributed by atoms with Crippen molar-refractivity contribution in [1.29, 1.82) is 0 Å². The monoisotopic (exact) mass is 819 g/mol. The van der Waals surface area contributed by atoms with Crippen LogP contribution in [0.2, 0.25) is 51.4 Å². The van der Waals surface area contributed by atoms with E-state index in [0.29, 0.717) is 31.5 Å². The second kappa shape index (κ2) is 16.6. The van der Waals surface area contributed by atoms with Crippen molar-refractivity contribution in [3.8, 4) is 10.4 Å². The predicted octanol–water partition coefficient (Wildman–Crippen LogP) is 7.14. The van der Waals surface area contributed by atoms with Gasteiger partial charge in [-0.1, -0.05) is 45.3 Å². The molecule has 5 aromatic rings. The fourth-order valence-electron chi connectivity index (χ4n) is 4.67. The lowest BCUT2D eigenvalue weighted by atomic mass is 10.1. The number of hydrogen-bond donors (Lipinski definition) is 2. The van der Waals surface area contributed by atoms with Gasteiger partial charge < -0.3 is 20.1 Å². The topological polar surface area (TPSA) is 125 Å². The number of rotatable bonds is 13. The van der Waals surface area contributed by atoms with Crippen molar-refractivity contribution >= 4 is 83.7 Å². The molecule has 2 amide bonds. The summed E-state index contributed by atoms with van der Waals surface area (Å²) in [6.45, 7) is 16.1. The van der Waals surface area contributed by atoms with E-state index in [9.17, 15) is 9.59 Å². The quantitative estimate of drug-likeness (QED) is 0.0735.